The minimum atomic E-state index is -0.143. The number of carbonyl (C=O) groups is 2. The number of carbonyl (C=O) groups excluding carboxylic acids is 2. The van der Waals surface area contributed by atoms with E-state index in [1.807, 2.05) is 38.1 Å². The van der Waals surface area contributed by atoms with Crippen LogP contribution in [-0.4, -0.2) is 57.9 Å². The SMILES string of the molecule is Cc1ccc(-n2nnc(C(=O)N3CCC(C(=O)c4ccc5c(c4)OCCO5)CC3)c2C)cc1. The summed E-state index contributed by atoms with van der Waals surface area (Å²) in [5.74, 6) is 1.11. The smallest absolute Gasteiger partial charge is 0.276 e. The number of benzene rings is 2. The maximum Gasteiger partial charge on any atom is 0.276 e. The predicted octanol–water partition coefficient (Wildman–Crippen LogP) is 3.39. The Balaban J connectivity index is 1.24. The van der Waals surface area contributed by atoms with Crippen LogP contribution in [0.15, 0.2) is 42.5 Å². The molecule has 3 aromatic rings. The Morgan fingerprint density at radius 2 is 1.64 bits per heavy atom. The van der Waals surface area contributed by atoms with Crippen LogP contribution in [-0.2, 0) is 0 Å². The molecule has 3 heterocycles. The zero-order valence-corrected chi connectivity index (χ0v) is 18.8. The number of ketones is 1. The molecule has 2 aliphatic rings. The first-order valence-electron chi connectivity index (χ1n) is 11.2. The molecule has 0 N–H and O–H groups in total. The highest BCUT2D eigenvalue weighted by Gasteiger charge is 2.31. The number of Topliss-reactive ketones (excluding diaryl/α,β-unsaturated/α-hetero) is 1. The van der Waals surface area contributed by atoms with E-state index in [4.69, 9.17) is 9.47 Å². The van der Waals surface area contributed by atoms with Crippen LogP contribution in [0.2, 0.25) is 0 Å². The normalized spacial score (nSPS) is 16.0. The van der Waals surface area contributed by atoms with Crippen molar-refractivity contribution in [2.45, 2.75) is 26.7 Å². The molecule has 1 amide bonds. The van der Waals surface area contributed by atoms with Gasteiger partial charge in [-0.15, -0.1) is 5.10 Å². The number of likely N-dealkylation sites (tertiary alicyclic amines) is 1. The number of fused-ring (bicyclic) bond motifs is 1. The van der Waals surface area contributed by atoms with E-state index in [0.717, 1.165) is 11.3 Å². The van der Waals surface area contributed by atoms with Gasteiger partial charge in [0.15, 0.2) is 23.0 Å². The summed E-state index contributed by atoms with van der Waals surface area (Å²) in [6.07, 6.45) is 1.23. The Labute approximate surface area is 192 Å². The minimum Gasteiger partial charge on any atom is -0.486 e. The number of ether oxygens (including phenoxy) is 2. The maximum absolute atomic E-state index is 13.1. The molecule has 2 aromatic carbocycles. The van der Waals surface area contributed by atoms with Crippen LogP contribution >= 0.6 is 0 Å². The number of hydrogen-bond acceptors (Lipinski definition) is 6. The molecular weight excluding hydrogens is 420 g/mol. The summed E-state index contributed by atoms with van der Waals surface area (Å²) in [5, 5.41) is 8.35. The molecule has 8 nitrogen and oxygen atoms in total. The molecule has 5 rings (SSSR count). The quantitative estimate of drug-likeness (QED) is 0.571. The molecule has 33 heavy (non-hydrogen) atoms. The maximum atomic E-state index is 13.1. The second kappa shape index (κ2) is 8.69. The van der Waals surface area contributed by atoms with Gasteiger partial charge in [-0.1, -0.05) is 22.9 Å². The lowest BCUT2D eigenvalue weighted by atomic mass is 9.88. The van der Waals surface area contributed by atoms with Gasteiger partial charge in [0.1, 0.15) is 13.2 Å². The van der Waals surface area contributed by atoms with Gasteiger partial charge < -0.3 is 14.4 Å². The van der Waals surface area contributed by atoms with E-state index in [1.165, 1.54) is 0 Å². The Morgan fingerprint density at radius 1 is 0.939 bits per heavy atom. The van der Waals surface area contributed by atoms with E-state index in [2.05, 4.69) is 10.3 Å². The fourth-order valence-electron chi connectivity index (χ4n) is 4.38. The lowest BCUT2D eigenvalue weighted by molar-refractivity contribution is 0.0644. The van der Waals surface area contributed by atoms with Crippen LogP contribution in [0.4, 0.5) is 0 Å². The zero-order valence-electron chi connectivity index (χ0n) is 18.8. The number of aryl methyl sites for hydroxylation is 1. The van der Waals surface area contributed by atoms with Crippen LogP contribution in [0, 0.1) is 19.8 Å². The average Bonchev–Trinajstić information content (AvgIpc) is 3.24. The van der Waals surface area contributed by atoms with E-state index < -0.39 is 0 Å². The van der Waals surface area contributed by atoms with Gasteiger partial charge in [0.05, 0.1) is 11.4 Å². The summed E-state index contributed by atoms with van der Waals surface area (Å²) >= 11 is 0. The number of amides is 1. The van der Waals surface area contributed by atoms with E-state index in [-0.39, 0.29) is 17.6 Å². The Morgan fingerprint density at radius 3 is 2.36 bits per heavy atom. The van der Waals surface area contributed by atoms with Crippen LogP contribution in [0.25, 0.3) is 5.69 Å². The first-order chi connectivity index (χ1) is 16.0. The molecule has 0 spiro atoms. The molecule has 0 unspecified atom stereocenters. The van der Waals surface area contributed by atoms with Crippen molar-refractivity contribution in [3.05, 3.63) is 65.0 Å². The molecule has 0 atom stereocenters. The van der Waals surface area contributed by atoms with E-state index in [9.17, 15) is 9.59 Å². The number of hydrogen-bond donors (Lipinski definition) is 0. The first-order valence-corrected chi connectivity index (χ1v) is 11.2. The Bertz CT molecular complexity index is 1190. The summed E-state index contributed by atoms with van der Waals surface area (Å²) in [6.45, 7) is 5.90. The molecule has 1 saturated heterocycles. The third-order valence-corrected chi connectivity index (χ3v) is 6.36. The van der Waals surface area contributed by atoms with Gasteiger partial charge in [-0.2, -0.15) is 0 Å². The van der Waals surface area contributed by atoms with Gasteiger partial charge >= 0.3 is 0 Å². The molecule has 1 aromatic heterocycles. The monoisotopic (exact) mass is 446 g/mol. The Hall–Kier alpha value is -3.68. The zero-order chi connectivity index (χ0) is 22.9. The molecule has 0 aliphatic carbocycles. The highest BCUT2D eigenvalue weighted by atomic mass is 16.6. The van der Waals surface area contributed by atoms with Gasteiger partial charge in [0.25, 0.3) is 5.91 Å². The molecule has 170 valence electrons. The molecule has 0 saturated carbocycles. The van der Waals surface area contributed by atoms with Crippen LogP contribution in [0.5, 0.6) is 11.5 Å². The van der Waals surface area contributed by atoms with Crippen molar-refractivity contribution in [1.82, 2.24) is 19.9 Å². The fourth-order valence-corrected chi connectivity index (χ4v) is 4.38. The lowest BCUT2D eigenvalue weighted by Gasteiger charge is -2.31. The number of piperidine rings is 1. The minimum absolute atomic E-state index is 0.0839. The third-order valence-electron chi connectivity index (χ3n) is 6.36. The van der Waals surface area contributed by atoms with Crippen molar-refractivity contribution in [2.24, 2.45) is 5.92 Å². The largest absolute Gasteiger partial charge is 0.486 e. The Kier molecular flexibility index (Phi) is 5.58. The van der Waals surface area contributed by atoms with E-state index in [0.29, 0.717) is 67.6 Å². The van der Waals surface area contributed by atoms with Crippen molar-refractivity contribution < 1.29 is 19.1 Å². The molecule has 0 bridgehead atoms. The van der Waals surface area contributed by atoms with Crippen molar-refractivity contribution in [3.63, 3.8) is 0 Å². The molecule has 1 fully saturated rings. The van der Waals surface area contributed by atoms with Crippen molar-refractivity contribution in [3.8, 4) is 17.2 Å². The summed E-state index contributed by atoms with van der Waals surface area (Å²) in [5.41, 5.74) is 3.71. The summed E-state index contributed by atoms with van der Waals surface area (Å²) in [6, 6.07) is 13.3. The highest BCUT2D eigenvalue weighted by Crippen LogP contribution is 2.32. The van der Waals surface area contributed by atoms with E-state index in [1.54, 1.807) is 27.8 Å². The van der Waals surface area contributed by atoms with Crippen molar-refractivity contribution in [1.29, 1.82) is 0 Å². The molecule has 0 radical (unpaired) electrons. The summed E-state index contributed by atoms with van der Waals surface area (Å²) in [4.78, 5) is 27.9. The van der Waals surface area contributed by atoms with Crippen LogP contribution < -0.4 is 9.47 Å². The third kappa shape index (κ3) is 4.08. The fraction of sp³-hybridized carbons (Fsp3) is 0.360. The summed E-state index contributed by atoms with van der Waals surface area (Å²) < 4.78 is 12.8. The van der Waals surface area contributed by atoms with Crippen LogP contribution in [0.3, 0.4) is 0 Å². The van der Waals surface area contributed by atoms with E-state index >= 15 is 0 Å². The van der Waals surface area contributed by atoms with Crippen LogP contribution in [0.1, 0.15) is 44.9 Å². The van der Waals surface area contributed by atoms with Gasteiger partial charge in [-0.3, -0.25) is 9.59 Å². The van der Waals surface area contributed by atoms with Crippen molar-refractivity contribution in [2.75, 3.05) is 26.3 Å². The average molecular weight is 447 g/mol. The summed E-state index contributed by atoms with van der Waals surface area (Å²) in [7, 11) is 0. The molecule has 2 aliphatic heterocycles. The van der Waals surface area contributed by atoms with Gasteiger partial charge in [0, 0.05) is 24.6 Å². The van der Waals surface area contributed by atoms with Gasteiger partial charge in [-0.05, 0) is 57.0 Å². The molecule has 8 heteroatoms. The van der Waals surface area contributed by atoms with Gasteiger partial charge in [0.2, 0.25) is 0 Å². The lowest BCUT2D eigenvalue weighted by Crippen LogP contribution is -2.40. The predicted molar refractivity (Wildman–Crippen MR) is 121 cm³/mol. The standard InChI is InChI=1S/C25H26N4O4/c1-16-3-6-20(7-4-16)29-17(2)23(26-27-29)25(31)28-11-9-18(10-12-28)24(30)19-5-8-21-22(15-19)33-14-13-32-21/h3-8,15,18H,9-14H2,1-2H3. The second-order valence-electron chi connectivity index (χ2n) is 8.56. The number of rotatable bonds is 4. The second-order valence-corrected chi connectivity index (χ2v) is 8.56. The topological polar surface area (TPSA) is 86.6 Å². The number of aromatic nitrogens is 3. The highest BCUT2D eigenvalue weighted by molar-refractivity contribution is 5.99. The van der Waals surface area contributed by atoms with Crippen molar-refractivity contribution >= 4 is 11.7 Å². The first kappa shape index (κ1) is 21.2. The molecular formula is C25H26N4O4. The van der Waals surface area contributed by atoms with Gasteiger partial charge in [-0.25, -0.2) is 4.68 Å². The number of nitrogens with zero attached hydrogens (tertiary/aromatic N) is 4.